The van der Waals surface area contributed by atoms with Gasteiger partial charge < -0.3 is 20.3 Å². The van der Waals surface area contributed by atoms with Gasteiger partial charge >= 0.3 is 5.69 Å². The van der Waals surface area contributed by atoms with Crippen LogP contribution in [0.15, 0.2) is 17.1 Å². The van der Waals surface area contributed by atoms with E-state index in [1.54, 1.807) is 0 Å². The zero-order valence-corrected chi connectivity index (χ0v) is 10.7. The fourth-order valence-corrected chi connectivity index (χ4v) is 2.08. The van der Waals surface area contributed by atoms with E-state index in [2.05, 4.69) is 4.98 Å². The number of nitrogens with two attached hydrogens (primary N) is 1. The molecule has 4 atom stereocenters. The van der Waals surface area contributed by atoms with E-state index in [1.165, 1.54) is 19.4 Å². The molecule has 108 valence electrons. The van der Waals surface area contributed by atoms with E-state index in [0.29, 0.717) is 0 Å². The highest BCUT2D eigenvalue weighted by atomic mass is 19.1. The number of ether oxygens (including phenoxy) is 2. The maximum Gasteiger partial charge on any atom is 0.351 e. The van der Waals surface area contributed by atoms with Crippen LogP contribution in [0.5, 0.6) is 0 Å². The molecule has 7 nitrogen and oxygen atoms in total. The summed E-state index contributed by atoms with van der Waals surface area (Å²) in [4.78, 5) is 15.2. The summed E-state index contributed by atoms with van der Waals surface area (Å²) in [5, 5.41) is 9.93. The van der Waals surface area contributed by atoms with Crippen LogP contribution in [0.3, 0.4) is 0 Å². The smallest absolute Gasteiger partial charge is 0.351 e. The van der Waals surface area contributed by atoms with Gasteiger partial charge in [0.05, 0.1) is 6.61 Å². The topological polar surface area (TPSA) is 99.6 Å². The third kappa shape index (κ3) is 2.16. The van der Waals surface area contributed by atoms with Crippen LogP contribution in [0.1, 0.15) is 6.23 Å². The fourth-order valence-electron chi connectivity index (χ4n) is 2.08. The lowest BCUT2D eigenvalue weighted by atomic mass is 9.97. The molecule has 0 aromatic carbocycles. The number of aliphatic hydroxyl groups is 1. The van der Waals surface area contributed by atoms with E-state index in [-0.39, 0.29) is 12.4 Å². The maximum absolute atomic E-state index is 14.8. The Morgan fingerprint density at radius 1 is 1.80 bits per heavy atom. The summed E-state index contributed by atoms with van der Waals surface area (Å²) in [5.74, 6) is 1.84. The van der Waals surface area contributed by atoms with E-state index in [1.807, 2.05) is 5.92 Å². The Bertz CT molecular complexity index is 599. The Hall–Kier alpha value is -1.95. The molecule has 0 bridgehead atoms. The summed E-state index contributed by atoms with van der Waals surface area (Å²) >= 11 is 0. The second-order valence-electron chi connectivity index (χ2n) is 4.38. The summed E-state index contributed by atoms with van der Waals surface area (Å²) in [5.41, 5.74) is 1.97. The van der Waals surface area contributed by atoms with Crippen molar-refractivity contribution in [2.24, 2.45) is 0 Å². The van der Waals surface area contributed by atoms with Crippen molar-refractivity contribution >= 4 is 5.82 Å². The molecule has 0 aliphatic carbocycles. The Labute approximate surface area is 114 Å². The Morgan fingerprint density at radius 2 is 2.50 bits per heavy atom. The van der Waals surface area contributed by atoms with Gasteiger partial charge in [0, 0.05) is 13.3 Å². The highest BCUT2D eigenvalue weighted by Crippen LogP contribution is 2.40. The van der Waals surface area contributed by atoms with Gasteiger partial charge in [-0.3, -0.25) is 4.57 Å². The molecule has 1 aliphatic heterocycles. The number of halogens is 1. The van der Waals surface area contributed by atoms with Crippen LogP contribution in [0.2, 0.25) is 0 Å². The predicted molar refractivity (Wildman–Crippen MR) is 67.4 cm³/mol. The van der Waals surface area contributed by atoms with E-state index in [0.717, 1.165) is 4.57 Å². The van der Waals surface area contributed by atoms with E-state index in [9.17, 15) is 14.3 Å². The molecule has 0 radical (unpaired) electrons. The minimum absolute atomic E-state index is 0.0107. The zero-order valence-electron chi connectivity index (χ0n) is 10.7. The van der Waals surface area contributed by atoms with Crippen molar-refractivity contribution in [3.05, 3.63) is 22.7 Å². The first-order chi connectivity index (χ1) is 9.43. The number of hydrogen-bond acceptors (Lipinski definition) is 6. The number of nitrogen functional groups attached to an aromatic ring is 1. The third-order valence-corrected chi connectivity index (χ3v) is 3.10. The number of nitrogens with zero attached hydrogens (tertiary/aromatic N) is 2. The molecule has 0 amide bonds. The summed E-state index contributed by atoms with van der Waals surface area (Å²) in [7, 11) is 1.37. The van der Waals surface area contributed by atoms with Crippen LogP contribution in [-0.2, 0) is 9.47 Å². The zero-order chi connectivity index (χ0) is 14.9. The van der Waals surface area contributed by atoms with Crippen LogP contribution in [-0.4, -0.2) is 46.3 Å². The lowest BCUT2D eigenvalue weighted by Gasteiger charge is -2.23. The van der Waals surface area contributed by atoms with Crippen LogP contribution in [0.4, 0.5) is 10.2 Å². The lowest BCUT2D eigenvalue weighted by molar-refractivity contribution is -0.0609. The van der Waals surface area contributed by atoms with E-state index in [4.69, 9.17) is 21.6 Å². The number of anilines is 1. The molecular weight excluding hydrogens is 269 g/mol. The predicted octanol–water partition coefficient (Wildman–Crippen LogP) is -0.928. The number of hydrogen-bond donors (Lipinski definition) is 2. The SMILES string of the molecule is C#C[C@@]1(F)[C@H](O)[C@@H](COC)O[C@H]1n1ccc(N)nc1=O. The van der Waals surface area contributed by atoms with Gasteiger partial charge in [0.25, 0.3) is 0 Å². The minimum atomic E-state index is -2.56. The molecule has 2 heterocycles. The molecular formula is C12H14FN3O4. The van der Waals surface area contributed by atoms with Gasteiger partial charge in [0.2, 0.25) is 5.67 Å². The first-order valence-corrected chi connectivity index (χ1v) is 5.78. The molecule has 1 aliphatic rings. The van der Waals surface area contributed by atoms with Crippen LogP contribution < -0.4 is 11.4 Å². The van der Waals surface area contributed by atoms with E-state index >= 15 is 0 Å². The van der Waals surface area contributed by atoms with Gasteiger partial charge in [-0.1, -0.05) is 5.92 Å². The maximum atomic E-state index is 14.8. The number of terminal acetylenes is 1. The number of aliphatic hydroxyl groups excluding tert-OH is 1. The molecule has 8 heteroatoms. The van der Waals surface area contributed by atoms with Crippen LogP contribution in [0, 0.1) is 12.3 Å². The molecule has 1 aromatic heterocycles. The molecule has 0 unspecified atom stereocenters. The standard InChI is InChI=1S/C12H14FN3O4/c1-3-12(13)9(17)7(6-19-2)20-10(12)16-5-4-8(14)15-11(16)18/h1,4-5,7,9-10,17H,6H2,2H3,(H2,14,15,18)/t7-,9-,10-,12-/m1/s1. The monoisotopic (exact) mass is 283 g/mol. The van der Waals surface area contributed by atoms with Gasteiger partial charge in [0.15, 0.2) is 6.23 Å². The number of methoxy groups -OCH3 is 1. The number of rotatable bonds is 3. The Balaban J connectivity index is 2.44. The van der Waals surface area contributed by atoms with Gasteiger partial charge in [-0.05, 0) is 6.07 Å². The molecule has 1 aromatic rings. The average molecular weight is 283 g/mol. The molecule has 1 fully saturated rings. The van der Waals surface area contributed by atoms with Gasteiger partial charge in [-0.15, -0.1) is 6.42 Å². The van der Waals surface area contributed by atoms with Crippen molar-refractivity contribution in [3.8, 4) is 12.3 Å². The molecule has 2 rings (SSSR count). The van der Waals surface area contributed by atoms with E-state index < -0.39 is 29.8 Å². The highest BCUT2D eigenvalue weighted by molar-refractivity contribution is 5.25. The molecule has 3 N–H and O–H groups in total. The van der Waals surface area contributed by atoms with Gasteiger partial charge in [-0.25, -0.2) is 9.18 Å². The molecule has 20 heavy (non-hydrogen) atoms. The summed E-state index contributed by atoms with van der Waals surface area (Å²) in [6.07, 6.45) is 2.26. The van der Waals surface area contributed by atoms with Crippen molar-refractivity contribution in [1.82, 2.24) is 9.55 Å². The first-order valence-electron chi connectivity index (χ1n) is 5.78. The van der Waals surface area contributed by atoms with Crippen molar-refractivity contribution in [2.45, 2.75) is 24.1 Å². The van der Waals surface area contributed by atoms with Crippen molar-refractivity contribution < 1.29 is 19.0 Å². The largest absolute Gasteiger partial charge is 0.386 e. The minimum Gasteiger partial charge on any atom is -0.386 e. The number of alkyl halides is 1. The fraction of sp³-hybridized carbons (Fsp3) is 0.500. The second kappa shape index (κ2) is 5.20. The molecule has 0 saturated carbocycles. The van der Waals surface area contributed by atoms with Gasteiger partial charge in [0.1, 0.15) is 18.0 Å². The first kappa shape index (κ1) is 14.5. The van der Waals surface area contributed by atoms with Crippen molar-refractivity contribution in [3.63, 3.8) is 0 Å². The van der Waals surface area contributed by atoms with Crippen LogP contribution >= 0.6 is 0 Å². The molecule has 1 saturated heterocycles. The summed E-state index contributed by atoms with van der Waals surface area (Å²) in [6.45, 7) is -0.0673. The quantitative estimate of drug-likeness (QED) is 0.695. The molecule has 0 spiro atoms. The highest BCUT2D eigenvalue weighted by Gasteiger charge is 2.57. The lowest BCUT2D eigenvalue weighted by Crippen LogP contribution is -2.44. The summed E-state index contributed by atoms with van der Waals surface area (Å²) < 4.78 is 25.8. The number of aromatic nitrogens is 2. The van der Waals surface area contributed by atoms with Crippen molar-refractivity contribution in [2.75, 3.05) is 19.5 Å². The average Bonchev–Trinajstić information content (AvgIpc) is 2.65. The normalized spacial score (nSPS) is 33.0. The third-order valence-electron chi connectivity index (χ3n) is 3.10. The second-order valence-corrected chi connectivity index (χ2v) is 4.38. The summed E-state index contributed by atoms with van der Waals surface area (Å²) in [6, 6.07) is 1.30. The van der Waals surface area contributed by atoms with Crippen molar-refractivity contribution in [1.29, 1.82) is 0 Å². The Kier molecular flexibility index (Phi) is 3.76. The van der Waals surface area contributed by atoms with Crippen LogP contribution in [0.25, 0.3) is 0 Å². The van der Waals surface area contributed by atoms with Gasteiger partial charge in [-0.2, -0.15) is 4.98 Å². The Morgan fingerprint density at radius 3 is 3.05 bits per heavy atom.